The maximum absolute atomic E-state index is 2.54. The van der Waals surface area contributed by atoms with Gasteiger partial charge in [-0.3, -0.25) is 0 Å². The van der Waals surface area contributed by atoms with E-state index in [0.29, 0.717) is 0 Å². The quantitative estimate of drug-likeness (QED) is 0.518. The highest BCUT2D eigenvalue weighted by molar-refractivity contribution is 6.38. The summed E-state index contributed by atoms with van der Waals surface area (Å²) in [5.41, 5.74) is 0. The molecule has 1 radical (unpaired) electrons. The van der Waals surface area contributed by atoms with Crippen molar-refractivity contribution in [3.8, 4) is 0 Å². The van der Waals surface area contributed by atoms with Crippen molar-refractivity contribution in [2.75, 3.05) is 0 Å². The first-order chi connectivity index (χ1) is 5.80. The minimum Gasteiger partial charge on any atom is -0.0914 e. The van der Waals surface area contributed by atoms with Crippen LogP contribution in [-0.2, 0) is 0 Å². The second-order valence-electron chi connectivity index (χ2n) is 5.57. The van der Waals surface area contributed by atoms with Crippen LogP contribution in [0.2, 0.25) is 12.1 Å². The van der Waals surface area contributed by atoms with Crippen LogP contribution in [0.5, 0.6) is 0 Å². The minimum absolute atomic E-state index is 0.717. The number of hydrogen-bond donors (Lipinski definition) is 0. The molecule has 4 aliphatic rings. The SMILES string of the molecule is C[B]C12CC3CC(CC(C3)C1)C2. The molecule has 0 nitrogen and oxygen atoms in total. The van der Waals surface area contributed by atoms with Gasteiger partial charge in [0.15, 0.2) is 0 Å². The van der Waals surface area contributed by atoms with Crippen molar-refractivity contribution in [2.45, 2.75) is 50.7 Å². The summed E-state index contributed by atoms with van der Waals surface area (Å²) < 4.78 is 0. The summed E-state index contributed by atoms with van der Waals surface area (Å²) in [6, 6.07) is 0. The van der Waals surface area contributed by atoms with Gasteiger partial charge in [-0.15, -0.1) is 0 Å². The van der Waals surface area contributed by atoms with E-state index in [2.05, 4.69) is 14.1 Å². The van der Waals surface area contributed by atoms with Crippen molar-refractivity contribution < 1.29 is 0 Å². The molecule has 1 heteroatoms. The van der Waals surface area contributed by atoms with Gasteiger partial charge in [-0.25, -0.2) is 0 Å². The molecule has 4 saturated carbocycles. The van der Waals surface area contributed by atoms with E-state index in [1.54, 1.807) is 19.3 Å². The highest BCUT2D eigenvalue weighted by Gasteiger charge is 2.49. The molecule has 0 aliphatic heterocycles. The molecule has 0 heterocycles. The first kappa shape index (κ1) is 7.47. The van der Waals surface area contributed by atoms with E-state index in [1.807, 2.05) is 0 Å². The third-order valence-corrected chi connectivity index (χ3v) is 4.70. The first-order valence-electron chi connectivity index (χ1n) is 5.60. The Kier molecular flexibility index (Phi) is 1.43. The molecule has 0 unspecified atom stereocenters. The lowest BCUT2D eigenvalue weighted by Gasteiger charge is -2.57. The molecule has 4 rings (SSSR count). The van der Waals surface area contributed by atoms with E-state index in [4.69, 9.17) is 0 Å². The Morgan fingerprint density at radius 2 is 1.33 bits per heavy atom. The monoisotopic (exact) mass is 161 g/mol. The van der Waals surface area contributed by atoms with Gasteiger partial charge < -0.3 is 0 Å². The van der Waals surface area contributed by atoms with Crippen LogP contribution in [0.15, 0.2) is 0 Å². The Morgan fingerprint density at radius 3 is 1.67 bits per heavy atom. The van der Waals surface area contributed by atoms with Crippen molar-refractivity contribution in [1.29, 1.82) is 0 Å². The fraction of sp³-hybridized carbons (Fsp3) is 1.00. The van der Waals surface area contributed by atoms with Crippen molar-refractivity contribution in [1.82, 2.24) is 0 Å². The van der Waals surface area contributed by atoms with E-state index in [9.17, 15) is 0 Å². The largest absolute Gasteiger partial charge is 0.114 e. The molecule has 0 spiro atoms. The summed E-state index contributed by atoms with van der Waals surface area (Å²) in [4.78, 5) is 0. The van der Waals surface area contributed by atoms with Crippen LogP contribution < -0.4 is 0 Å². The van der Waals surface area contributed by atoms with E-state index >= 15 is 0 Å². The molecular weight excluding hydrogens is 143 g/mol. The van der Waals surface area contributed by atoms with Crippen LogP contribution in [0.1, 0.15) is 38.5 Å². The molecule has 0 saturated heterocycles. The maximum Gasteiger partial charge on any atom is 0.114 e. The summed E-state index contributed by atoms with van der Waals surface area (Å²) in [5, 5.41) is 0.717. The zero-order chi connectivity index (χ0) is 8.18. The fourth-order valence-corrected chi connectivity index (χ4v) is 4.53. The van der Waals surface area contributed by atoms with E-state index < -0.39 is 0 Å². The molecule has 0 atom stereocenters. The Labute approximate surface area is 76.4 Å². The van der Waals surface area contributed by atoms with Crippen LogP contribution in [0.3, 0.4) is 0 Å². The Hall–Kier alpha value is 0.0649. The Bertz CT molecular complexity index is 162. The molecule has 4 aliphatic carbocycles. The molecule has 0 aromatic heterocycles. The molecular formula is C11H18B. The highest BCUT2D eigenvalue weighted by Crippen LogP contribution is 2.63. The molecule has 65 valence electrons. The van der Waals surface area contributed by atoms with Gasteiger partial charge in [0.05, 0.1) is 0 Å². The zero-order valence-electron chi connectivity index (χ0n) is 8.05. The Balaban J connectivity index is 1.90. The number of hydrogen-bond acceptors (Lipinski definition) is 0. The van der Waals surface area contributed by atoms with Crippen molar-refractivity contribution in [2.24, 2.45) is 17.8 Å². The van der Waals surface area contributed by atoms with Crippen molar-refractivity contribution in [3.05, 3.63) is 0 Å². The lowest BCUT2D eigenvalue weighted by molar-refractivity contribution is 0.0288. The summed E-state index contributed by atoms with van der Waals surface area (Å²) in [5.74, 6) is 3.35. The first-order valence-corrected chi connectivity index (χ1v) is 5.60. The van der Waals surface area contributed by atoms with Crippen LogP contribution in [0.25, 0.3) is 0 Å². The van der Waals surface area contributed by atoms with Crippen molar-refractivity contribution in [3.63, 3.8) is 0 Å². The predicted octanol–water partition coefficient (Wildman–Crippen LogP) is 3.13. The van der Waals surface area contributed by atoms with Crippen LogP contribution >= 0.6 is 0 Å². The van der Waals surface area contributed by atoms with Crippen LogP contribution in [0.4, 0.5) is 0 Å². The third kappa shape index (κ3) is 0.915. The van der Waals surface area contributed by atoms with E-state index in [-0.39, 0.29) is 0 Å². The van der Waals surface area contributed by atoms with Gasteiger partial charge in [0.1, 0.15) is 7.28 Å². The summed E-state index contributed by atoms with van der Waals surface area (Å²) in [6.07, 6.45) is 9.34. The topological polar surface area (TPSA) is 0 Å². The normalized spacial score (nSPS) is 55.9. The van der Waals surface area contributed by atoms with Gasteiger partial charge in [0, 0.05) is 0 Å². The lowest BCUT2D eigenvalue weighted by atomic mass is 9.37. The molecule has 0 aromatic carbocycles. The minimum atomic E-state index is 0.717. The molecule has 0 N–H and O–H groups in total. The summed E-state index contributed by atoms with van der Waals surface area (Å²) >= 11 is 0. The van der Waals surface area contributed by atoms with Gasteiger partial charge in [0.25, 0.3) is 0 Å². The third-order valence-electron chi connectivity index (χ3n) is 4.70. The van der Waals surface area contributed by atoms with Crippen LogP contribution in [0, 0.1) is 17.8 Å². The van der Waals surface area contributed by atoms with E-state index in [1.165, 1.54) is 19.3 Å². The Morgan fingerprint density at radius 1 is 0.917 bits per heavy atom. The van der Waals surface area contributed by atoms with E-state index in [0.717, 1.165) is 23.1 Å². The molecule has 4 bridgehead atoms. The van der Waals surface area contributed by atoms with Gasteiger partial charge in [-0.05, 0) is 37.0 Å². The average molecular weight is 161 g/mol. The summed E-state index contributed by atoms with van der Waals surface area (Å²) in [7, 11) is 2.54. The molecule has 12 heavy (non-hydrogen) atoms. The lowest BCUT2D eigenvalue weighted by Crippen LogP contribution is -2.44. The van der Waals surface area contributed by atoms with Gasteiger partial charge in [-0.1, -0.05) is 31.4 Å². The van der Waals surface area contributed by atoms with Gasteiger partial charge >= 0.3 is 0 Å². The fourth-order valence-electron chi connectivity index (χ4n) is 4.53. The molecule has 0 aromatic rings. The van der Waals surface area contributed by atoms with Crippen molar-refractivity contribution >= 4 is 7.28 Å². The number of rotatable bonds is 1. The predicted molar refractivity (Wildman–Crippen MR) is 52.5 cm³/mol. The molecule has 4 fully saturated rings. The van der Waals surface area contributed by atoms with Gasteiger partial charge in [0.2, 0.25) is 0 Å². The second kappa shape index (κ2) is 2.30. The average Bonchev–Trinajstić information content (AvgIpc) is 2.02. The highest BCUT2D eigenvalue weighted by atomic mass is 14.5. The van der Waals surface area contributed by atoms with Gasteiger partial charge in [-0.2, -0.15) is 0 Å². The second-order valence-corrected chi connectivity index (χ2v) is 5.57. The smallest absolute Gasteiger partial charge is 0.0914 e. The zero-order valence-corrected chi connectivity index (χ0v) is 8.05. The standard InChI is InChI=1S/C11H18B/c1-12-11-5-8-2-9(6-11)4-10(3-8)7-11/h8-10H,2-7H2,1H3. The maximum atomic E-state index is 2.54. The summed E-state index contributed by atoms with van der Waals surface area (Å²) in [6.45, 7) is 2.30. The van der Waals surface area contributed by atoms with Crippen LogP contribution in [-0.4, -0.2) is 7.28 Å². The molecule has 0 amide bonds.